The van der Waals surface area contributed by atoms with E-state index in [0.29, 0.717) is 12.4 Å². The zero-order chi connectivity index (χ0) is 14.5. The minimum absolute atomic E-state index is 0.0362. The molecule has 20 heavy (non-hydrogen) atoms. The predicted octanol–water partition coefficient (Wildman–Crippen LogP) is 4.03. The molecule has 106 valence electrons. The second kappa shape index (κ2) is 6.72. The van der Waals surface area contributed by atoms with Crippen LogP contribution >= 0.6 is 22.9 Å². The maximum absolute atomic E-state index is 11.0. The number of hydrogen-bond acceptors (Lipinski definition) is 4. The van der Waals surface area contributed by atoms with Crippen LogP contribution in [0.15, 0.2) is 23.6 Å². The molecule has 0 spiro atoms. The van der Waals surface area contributed by atoms with Gasteiger partial charge in [0.25, 0.3) is 0 Å². The lowest BCUT2D eigenvalue weighted by atomic mass is 10.2. The van der Waals surface area contributed by atoms with Crippen LogP contribution in [0.25, 0.3) is 0 Å². The van der Waals surface area contributed by atoms with Crippen LogP contribution in [-0.4, -0.2) is 16.1 Å². The van der Waals surface area contributed by atoms with E-state index in [2.05, 4.69) is 11.9 Å². The van der Waals surface area contributed by atoms with Crippen LogP contribution in [0.3, 0.4) is 0 Å². The Morgan fingerprint density at radius 1 is 1.50 bits per heavy atom. The summed E-state index contributed by atoms with van der Waals surface area (Å²) < 4.78 is 5.55. The fraction of sp³-hybridized carbons (Fsp3) is 0.286. The molecule has 1 aromatic carbocycles. The SMILES string of the molecule is CCCc1nc(COc2ccc(Cl)c(C(=O)O)c2)cs1. The summed E-state index contributed by atoms with van der Waals surface area (Å²) in [6.07, 6.45) is 2.03. The molecule has 2 rings (SSSR count). The molecule has 0 radical (unpaired) electrons. The number of ether oxygens (including phenoxy) is 1. The number of aryl methyl sites for hydroxylation is 1. The van der Waals surface area contributed by atoms with E-state index in [0.717, 1.165) is 23.5 Å². The molecule has 0 aliphatic carbocycles. The van der Waals surface area contributed by atoms with Gasteiger partial charge in [-0.25, -0.2) is 9.78 Å². The second-order valence-electron chi connectivity index (χ2n) is 4.22. The molecule has 0 atom stereocenters. The molecular formula is C14H14ClNO3S. The number of aromatic nitrogens is 1. The molecule has 1 heterocycles. The summed E-state index contributed by atoms with van der Waals surface area (Å²) >= 11 is 7.41. The topological polar surface area (TPSA) is 59.4 Å². The van der Waals surface area contributed by atoms with Crippen LogP contribution in [0, 0.1) is 0 Å². The fourth-order valence-corrected chi connectivity index (χ4v) is 2.74. The number of nitrogens with zero attached hydrogens (tertiary/aromatic N) is 1. The van der Waals surface area contributed by atoms with Crippen molar-refractivity contribution in [2.75, 3.05) is 0 Å². The molecule has 0 saturated heterocycles. The molecular weight excluding hydrogens is 298 g/mol. The van der Waals surface area contributed by atoms with Gasteiger partial charge in [-0.3, -0.25) is 0 Å². The summed E-state index contributed by atoms with van der Waals surface area (Å²) in [5, 5.41) is 12.2. The summed E-state index contributed by atoms with van der Waals surface area (Å²) in [4.78, 5) is 15.4. The third-order valence-corrected chi connectivity index (χ3v) is 3.91. The Kier molecular flexibility index (Phi) is 4.98. The van der Waals surface area contributed by atoms with Gasteiger partial charge in [0.05, 0.1) is 21.3 Å². The van der Waals surface area contributed by atoms with E-state index in [9.17, 15) is 4.79 Å². The van der Waals surface area contributed by atoms with Crippen LogP contribution in [0.1, 0.15) is 34.4 Å². The summed E-state index contributed by atoms with van der Waals surface area (Å²) in [5.74, 6) is -0.601. The Morgan fingerprint density at radius 3 is 3.00 bits per heavy atom. The Hall–Kier alpha value is -1.59. The number of thiazole rings is 1. The third-order valence-electron chi connectivity index (χ3n) is 2.62. The van der Waals surface area contributed by atoms with Gasteiger partial charge in [0, 0.05) is 5.38 Å². The average Bonchev–Trinajstić information content (AvgIpc) is 2.86. The first-order valence-electron chi connectivity index (χ1n) is 6.19. The van der Waals surface area contributed by atoms with Crippen LogP contribution < -0.4 is 4.74 Å². The molecule has 0 saturated carbocycles. The van der Waals surface area contributed by atoms with Gasteiger partial charge in [0.1, 0.15) is 12.4 Å². The van der Waals surface area contributed by atoms with Crippen LogP contribution in [-0.2, 0) is 13.0 Å². The zero-order valence-electron chi connectivity index (χ0n) is 10.9. The standard InChI is InChI=1S/C14H14ClNO3S/c1-2-3-13-16-9(8-20-13)7-19-10-4-5-12(15)11(6-10)14(17)18/h4-6,8H,2-3,7H2,1H3,(H,17,18). The first kappa shape index (κ1) is 14.8. The highest BCUT2D eigenvalue weighted by atomic mass is 35.5. The smallest absolute Gasteiger partial charge is 0.337 e. The van der Waals surface area contributed by atoms with Crippen molar-refractivity contribution in [1.29, 1.82) is 0 Å². The molecule has 0 fully saturated rings. The van der Waals surface area contributed by atoms with E-state index in [1.54, 1.807) is 17.4 Å². The Morgan fingerprint density at radius 2 is 2.30 bits per heavy atom. The zero-order valence-corrected chi connectivity index (χ0v) is 12.5. The second-order valence-corrected chi connectivity index (χ2v) is 5.57. The molecule has 0 bridgehead atoms. The number of carboxylic acid groups (broad SMARTS) is 1. The third kappa shape index (κ3) is 3.71. The highest BCUT2D eigenvalue weighted by Crippen LogP contribution is 2.23. The van der Waals surface area contributed by atoms with Crippen molar-refractivity contribution in [3.05, 3.63) is 44.9 Å². The molecule has 0 aliphatic rings. The van der Waals surface area contributed by atoms with E-state index in [-0.39, 0.29) is 10.6 Å². The van der Waals surface area contributed by atoms with Crippen LogP contribution in [0.5, 0.6) is 5.75 Å². The van der Waals surface area contributed by atoms with Crippen molar-refractivity contribution in [2.24, 2.45) is 0 Å². The van der Waals surface area contributed by atoms with Crippen molar-refractivity contribution < 1.29 is 14.6 Å². The molecule has 0 amide bonds. The van der Waals surface area contributed by atoms with Gasteiger partial charge in [0.15, 0.2) is 0 Å². The first-order chi connectivity index (χ1) is 9.60. The summed E-state index contributed by atoms with van der Waals surface area (Å²) in [5.41, 5.74) is 0.888. The molecule has 1 N–H and O–H groups in total. The lowest BCUT2D eigenvalue weighted by Crippen LogP contribution is -2.00. The lowest BCUT2D eigenvalue weighted by Gasteiger charge is -2.06. The number of halogens is 1. The van der Waals surface area contributed by atoms with Crippen molar-refractivity contribution in [2.45, 2.75) is 26.4 Å². The molecule has 4 nitrogen and oxygen atoms in total. The van der Waals surface area contributed by atoms with Gasteiger partial charge < -0.3 is 9.84 Å². The summed E-state index contributed by atoms with van der Waals surface area (Å²) in [7, 11) is 0. The van der Waals surface area contributed by atoms with E-state index in [1.165, 1.54) is 12.1 Å². The highest BCUT2D eigenvalue weighted by Gasteiger charge is 2.10. The van der Waals surface area contributed by atoms with Crippen LogP contribution in [0.4, 0.5) is 0 Å². The van der Waals surface area contributed by atoms with Gasteiger partial charge in [-0.1, -0.05) is 18.5 Å². The van der Waals surface area contributed by atoms with Gasteiger partial charge >= 0.3 is 5.97 Å². The summed E-state index contributed by atoms with van der Waals surface area (Å²) in [6.45, 7) is 2.43. The molecule has 1 aromatic heterocycles. The van der Waals surface area contributed by atoms with E-state index >= 15 is 0 Å². The lowest BCUT2D eigenvalue weighted by molar-refractivity contribution is 0.0696. The van der Waals surface area contributed by atoms with E-state index in [1.807, 2.05) is 5.38 Å². The van der Waals surface area contributed by atoms with Gasteiger partial charge in [-0.15, -0.1) is 11.3 Å². The highest BCUT2D eigenvalue weighted by molar-refractivity contribution is 7.09. The van der Waals surface area contributed by atoms with Crippen LogP contribution in [0.2, 0.25) is 5.02 Å². The van der Waals surface area contributed by atoms with Gasteiger partial charge in [-0.05, 0) is 31.0 Å². The number of aromatic carboxylic acids is 1. The molecule has 2 aromatic rings. The molecule has 0 unspecified atom stereocenters. The quantitative estimate of drug-likeness (QED) is 0.875. The van der Waals surface area contributed by atoms with Crippen molar-refractivity contribution >= 4 is 28.9 Å². The van der Waals surface area contributed by atoms with E-state index < -0.39 is 5.97 Å². The number of rotatable bonds is 6. The maximum Gasteiger partial charge on any atom is 0.337 e. The number of carboxylic acids is 1. The Bertz CT molecular complexity index is 612. The number of carbonyl (C=O) groups is 1. The predicted molar refractivity (Wildman–Crippen MR) is 78.9 cm³/mol. The molecule has 6 heteroatoms. The van der Waals surface area contributed by atoms with Gasteiger partial charge in [-0.2, -0.15) is 0 Å². The van der Waals surface area contributed by atoms with Crippen molar-refractivity contribution in [3.63, 3.8) is 0 Å². The fourth-order valence-electron chi connectivity index (χ4n) is 1.66. The Labute approximate surface area is 126 Å². The van der Waals surface area contributed by atoms with Crippen molar-refractivity contribution in [1.82, 2.24) is 4.98 Å². The number of hydrogen-bond donors (Lipinski definition) is 1. The Balaban J connectivity index is 2.03. The average molecular weight is 312 g/mol. The number of benzene rings is 1. The maximum atomic E-state index is 11.0. The minimum Gasteiger partial charge on any atom is -0.487 e. The minimum atomic E-state index is -1.07. The molecule has 0 aliphatic heterocycles. The summed E-state index contributed by atoms with van der Waals surface area (Å²) in [6, 6.07) is 4.59. The largest absolute Gasteiger partial charge is 0.487 e. The monoisotopic (exact) mass is 311 g/mol. The van der Waals surface area contributed by atoms with Gasteiger partial charge in [0.2, 0.25) is 0 Å². The van der Waals surface area contributed by atoms with E-state index in [4.69, 9.17) is 21.4 Å². The first-order valence-corrected chi connectivity index (χ1v) is 7.45. The normalized spacial score (nSPS) is 10.5. The van der Waals surface area contributed by atoms with Crippen molar-refractivity contribution in [3.8, 4) is 5.75 Å².